The third kappa shape index (κ3) is 2.71. The zero-order valence-corrected chi connectivity index (χ0v) is 14.1. The molecule has 0 N–H and O–H groups in total. The highest BCUT2D eigenvalue weighted by molar-refractivity contribution is 6.07. The van der Waals surface area contributed by atoms with Crippen LogP contribution in [-0.4, -0.2) is 29.8 Å². The Hall–Kier alpha value is -3.22. The summed E-state index contributed by atoms with van der Waals surface area (Å²) in [4.78, 5) is 38.5. The molecule has 1 fully saturated rings. The van der Waals surface area contributed by atoms with Crippen LogP contribution in [0.15, 0.2) is 42.5 Å². The summed E-state index contributed by atoms with van der Waals surface area (Å²) < 4.78 is 0. The molecule has 2 amide bonds. The van der Waals surface area contributed by atoms with Crippen LogP contribution in [0.2, 0.25) is 0 Å². The van der Waals surface area contributed by atoms with E-state index in [0.29, 0.717) is 31.5 Å². The van der Waals surface area contributed by atoms with Crippen molar-refractivity contribution >= 4 is 28.9 Å². The first-order valence-corrected chi connectivity index (χ1v) is 8.54. The molecule has 1 saturated heterocycles. The van der Waals surface area contributed by atoms with Crippen molar-refractivity contribution in [2.45, 2.75) is 19.3 Å². The number of fused-ring (bicyclic) bond motifs is 1. The number of nitrogens with zero attached hydrogens (tertiary/aromatic N) is 3. The Kier molecular flexibility index (Phi) is 3.91. The molecule has 26 heavy (non-hydrogen) atoms. The van der Waals surface area contributed by atoms with E-state index in [1.54, 1.807) is 40.1 Å². The summed E-state index contributed by atoms with van der Waals surface area (Å²) >= 11 is 0. The molecular weight excluding hydrogens is 334 g/mol. The quantitative estimate of drug-likeness (QED) is 0.629. The predicted molar refractivity (Wildman–Crippen MR) is 96.5 cm³/mol. The van der Waals surface area contributed by atoms with Gasteiger partial charge in [0.2, 0.25) is 5.91 Å². The van der Waals surface area contributed by atoms with Crippen molar-refractivity contribution < 1.29 is 14.5 Å². The van der Waals surface area contributed by atoms with Crippen LogP contribution >= 0.6 is 0 Å². The second-order valence-electron chi connectivity index (χ2n) is 6.47. The lowest BCUT2D eigenvalue weighted by molar-refractivity contribution is -0.384. The van der Waals surface area contributed by atoms with Crippen LogP contribution in [0.5, 0.6) is 0 Å². The third-order valence-corrected chi connectivity index (χ3v) is 4.91. The molecule has 2 aromatic rings. The van der Waals surface area contributed by atoms with Gasteiger partial charge in [-0.25, -0.2) is 0 Å². The molecule has 7 nitrogen and oxygen atoms in total. The molecule has 2 aliphatic heterocycles. The largest absolute Gasteiger partial charge is 0.312 e. The summed E-state index contributed by atoms with van der Waals surface area (Å²) in [6.45, 7) is 1.21. The second kappa shape index (κ2) is 6.25. The van der Waals surface area contributed by atoms with E-state index in [2.05, 4.69) is 0 Å². The topological polar surface area (TPSA) is 83.8 Å². The van der Waals surface area contributed by atoms with Gasteiger partial charge in [-0.05, 0) is 48.7 Å². The highest BCUT2D eigenvalue weighted by atomic mass is 16.6. The number of hydrogen-bond donors (Lipinski definition) is 0. The van der Waals surface area contributed by atoms with E-state index < -0.39 is 4.92 Å². The van der Waals surface area contributed by atoms with Gasteiger partial charge >= 0.3 is 0 Å². The van der Waals surface area contributed by atoms with Crippen LogP contribution in [0.3, 0.4) is 0 Å². The third-order valence-electron chi connectivity index (χ3n) is 4.91. The number of hydrogen-bond acceptors (Lipinski definition) is 4. The van der Waals surface area contributed by atoms with Crippen molar-refractivity contribution in [3.8, 4) is 0 Å². The average Bonchev–Trinajstić information content (AvgIpc) is 3.26. The lowest BCUT2D eigenvalue weighted by Crippen LogP contribution is -2.29. The average molecular weight is 351 g/mol. The number of benzene rings is 2. The molecular formula is C19H17N3O4. The van der Waals surface area contributed by atoms with Crippen molar-refractivity contribution in [3.63, 3.8) is 0 Å². The molecule has 0 radical (unpaired) electrons. The standard InChI is InChI=1S/C19H17N3O4/c23-18-2-1-10-20(18)15-5-3-13(4-6-15)19(24)21-11-9-14-12-16(22(25)26)7-8-17(14)21/h3-8,12H,1-2,9-11H2. The number of amides is 2. The van der Waals surface area contributed by atoms with Crippen molar-refractivity contribution in [3.05, 3.63) is 63.7 Å². The van der Waals surface area contributed by atoms with Crippen LogP contribution in [0, 0.1) is 10.1 Å². The van der Waals surface area contributed by atoms with Gasteiger partial charge in [-0.1, -0.05) is 0 Å². The molecule has 2 aromatic carbocycles. The maximum atomic E-state index is 12.8. The smallest absolute Gasteiger partial charge is 0.269 e. The fourth-order valence-corrected chi connectivity index (χ4v) is 3.57. The Bertz CT molecular complexity index is 908. The van der Waals surface area contributed by atoms with E-state index in [1.807, 2.05) is 0 Å². The van der Waals surface area contributed by atoms with Gasteiger partial charge in [0.25, 0.3) is 11.6 Å². The van der Waals surface area contributed by atoms with E-state index >= 15 is 0 Å². The Morgan fingerprint density at radius 3 is 2.46 bits per heavy atom. The van der Waals surface area contributed by atoms with Gasteiger partial charge in [-0.3, -0.25) is 19.7 Å². The predicted octanol–water partition coefficient (Wildman–Crippen LogP) is 2.92. The summed E-state index contributed by atoms with van der Waals surface area (Å²) in [6, 6.07) is 11.6. The molecule has 0 spiro atoms. The Labute approximate surface area is 150 Å². The van der Waals surface area contributed by atoms with Crippen molar-refractivity contribution in [2.75, 3.05) is 22.9 Å². The highest BCUT2D eigenvalue weighted by Gasteiger charge is 2.27. The number of nitro groups is 1. The number of anilines is 2. The molecule has 4 rings (SSSR count). The van der Waals surface area contributed by atoms with Crippen molar-refractivity contribution in [2.24, 2.45) is 0 Å². The van der Waals surface area contributed by atoms with Crippen molar-refractivity contribution in [1.82, 2.24) is 0 Å². The maximum absolute atomic E-state index is 12.8. The summed E-state index contributed by atoms with van der Waals surface area (Å²) in [5.41, 5.74) is 2.91. The minimum atomic E-state index is -0.427. The molecule has 0 aliphatic carbocycles. The van der Waals surface area contributed by atoms with Gasteiger partial charge in [-0.2, -0.15) is 0 Å². The molecule has 132 valence electrons. The Balaban J connectivity index is 1.56. The van der Waals surface area contributed by atoms with Gasteiger partial charge in [-0.15, -0.1) is 0 Å². The van der Waals surface area contributed by atoms with Gasteiger partial charge in [0.05, 0.1) is 4.92 Å². The zero-order valence-electron chi connectivity index (χ0n) is 14.1. The maximum Gasteiger partial charge on any atom is 0.269 e. The molecule has 0 aromatic heterocycles. The fourth-order valence-electron chi connectivity index (χ4n) is 3.57. The number of carbonyl (C=O) groups is 2. The van der Waals surface area contributed by atoms with E-state index in [1.165, 1.54) is 12.1 Å². The van der Waals surface area contributed by atoms with Crippen molar-refractivity contribution in [1.29, 1.82) is 0 Å². The van der Waals surface area contributed by atoms with Gasteiger partial charge in [0, 0.05) is 48.6 Å². The Morgan fingerprint density at radius 2 is 1.81 bits per heavy atom. The molecule has 2 heterocycles. The fraction of sp³-hybridized carbons (Fsp3) is 0.263. The van der Waals surface area contributed by atoms with Crippen LogP contribution in [0.4, 0.5) is 17.1 Å². The highest BCUT2D eigenvalue weighted by Crippen LogP contribution is 2.32. The summed E-state index contributed by atoms with van der Waals surface area (Å²) in [5, 5.41) is 10.9. The molecule has 7 heteroatoms. The zero-order chi connectivity index (χ0) is 18.3. The van der Waals surface area contributed by atoms with Crippen LogP contribution in [0.25, 0.3) is 0 Å². The number of rotatable bonds is 3. The first-order chi connectivity index (χ1) is 12.5. The summed E-state index contributed by atoms with van der Waals surface area (Å²) in [6.07, 6.45) is 2.02. The monoisotopic (exact) mass is 351 g/mol. The first kappa shape index (κ1) is 16.3. The van der Waals surface area contributed by atoms with E-state index in [-0.39, 0.29) is 17.5 Å². The summed E-state index contributed by atoms with van der Waals surface area (Å²) in [7, 11) is 0. The second-order valence-corrected chi connectivity index (χ2v) is 6.47. The Morgan fingerprint density at radius 1 is 1.04 bits per heavy atom. The molecule has 0 saturated carbocycles. The van der Waals surface area contributed by atoms with Crippen LogP contribution in [-0.2, 0) is 11.2 Å². The lowest BCUT2D eigenvalue weighted by atomic mass is 10.1. The lowest BCUT2D eigenvalue weighted by Gasteiger charge is -2.19. The summed E-state index contributed by atoms with van der Waals surface area (Å²) in [5.74, 6) is -0.0314. The molecule has 2 aliphatic rings. The minimum absolute atomic E-state index is 0.0395. The first-order valence-electron chi connectivity index (χ1n) is 8.54. The molecule has 0 unspecified atom stereocenters. The van der Waals surface area contributed by atoms with Crippen LogP contribution in [0.1, 0.15) is 28.8 Å². The van der Waals surface area contributed by atoms with E-state index in [4.69, 9.17) is 0 Å². The number of non-ortho nitro benzene ring substituents is 1. The van der Waals surface area contributed by atoms with E-state index in [9.17, 15) is 19.7 Å². The molecule has 0 bridgehead atoms. The van der Waals surface area contributed by atoms with Gasteiger partial charge < -0.3 is 9.80 Å². The van der Waals surface area contributed by atoms with E-state index in [0.717, 1.165) is 23.4 Å². The minimum Gasteiger partial charge on any atom is -0.312 e. The number of carbonyl (C=O) groups excluding carboxylic acids is 2. The van der Waals surface area contributed by atoms with Crippen LogP contribution < -0.4 is 9.80 Å². The SMILES string of the molecule is O=C1CCCN1c1ccc(C(=O)N2CCc3cc([N+](=O)[O-])ccc32)cc1. The normalized spacial score (nSPS) is 16.1. The van der Waals surface area contributed by atoms with Gasteiger partial charge in [0.15, 0.2) is 0 Å². The molecule has 0 atom stereocenters. The number of nitro benzene ring substituents is 1. The van der Waals surface area contributed by atoms with Gasteiger partial charge in [0.1, 0.15) is 0 Å².